The van der Waals surface area contributed by atoms with Crippen molar-refractivity contribution < 1.29 is 9.47 Å². The molecule has 1 aromatic carbocycles. The summed E-state index contributed by atoms with van der Waals surface area (Å²) in [5, 5.41) is 3.37. The number of pyridine rings is 1. The lowest BCUT2D eigenvalue weighted by atomic mass is 10.1. The molecule has 1 aliphatic rings. The van der Waals surface area contributed by atoms with Gasteiger partial charge in [0.2, 0.25) is 0 Å². The molecular weight excluding hydrogens is 290 g/mol. The maximum Gasteiger partial charge on any atom is 0.128 e. The molecule has 1 aromatic heterocycles. The first kappa shape index (κ1) is 15.6. The van der Waals surface area contributed by atoms with Crippen molar-refractivity contribution in [3.63, 3.8) is 0 Å². The average molecular weight is 313 g/mol. The fourth-order valence-corrected chi connectivity index (χ4v) is 2.81. The van der Waals surface area contributed by atoms with Gasteiger partial charge >= 0.3 is 0 Å². The highest BCUT2D eigenvalue weighted by atomic mass is 16.5. The van der Waals surface area contributed by atoms with E-state index in [4.69, 9.17) is 14.5 Å². The molecule has 5 nitrogen and oxygen atoms in total. The van der Waals surface area contributed by atoms with Crippen molar-refractivity contribution in [2.24, 2.45) is 0 Å². The number of nitrogens with one attached hydrogen (secondary N) is 1. The third-order valence-electron chi connectivity index (χ3n) is 4.03. The van der Waals surface area contributed by atoms with Gasteiger partial charge in [-0.05, 0) is 29.8 Å². The molecule has 5 heteroatoms. The molecule has 0 amide bonds. The predicted molar refractivity (Wildman–Crippen MR) is 91.7 cm³/mol. The zero-order valence-corrected chi connectivity index (χ0v) is 13.7. The largest absolute Gasteiger partial charge is 0.497 e. The number of hydrogen-bond acceptors (Lipinski definition) is 5. The third-order valence-corrected chi connectivity index (χ3v) is 4.03. The van der Waals surface area contributed by atoms with E-state index in [0.29, 0.717) is 0 Å². The van der Waals surface area contributed by atoms with Gasteiger partial charge < -0.3 is 19.7 Å². The molecule has 2 aromatic rings. The van der Waals surface area contributed by atoms with Crippen LogP contribution in [0.2, 0.25) is 0 Å². The molecule has 23 heavy (non-hydrogen) atoms. The van der Waals surface area contributed by atoms with Crippen molar-refractivity contribution in [1.29, 1.82) is 0 Å². The summed E-state index contributed by atoms with van der Waals surface area (Å²) in [6, 6.07) is 12.2. The summed E-state index contributed by atoms with van der Waals surface area (Å²) < 4.78 is 10.7. The van der Waals surface area contributed by atoms with Gasteiger partial charge in [0.25, 0.3) is 0 Å². The molecule has 2 heterocycles. The number of anilines is 1. The predicted octanol–water partition coefficient (Wildman–Crippen LogP) is 2.10. The van der Waals surface area contributed by atoms with Gasteiger partial charge in [0, 0.05) is 44.4 Å². The second-order valence-corrected chi connectivity index (χ2v) is 5.62. The SMILES string of the molecule is COc1cc(Cc2cccc(N3CCNCC3)n2)cc(OC)c1. The first-order chi connectivity index (χ1) is 11.3. The van der Waals surface area contributed by atoms with Crippen LogP contribution in [0.5, 0.6) is 11.5 Å². The summed E-state index contributed by atoms with van der Waals surface area (Å²) in [6.07, 6.45) is 0.757. The number of rotatable bonds is 5. The summed E-state index contributed by atoms with van der Waals surface area (Å²) >= 11 is 0. The van der Waals surface area contributed by atoms with E-state index in [1.54, 1.807) is 14.2 Å². The van der Waals surface area contributed by atoms with Crippen LogP contribution in [-0.2, 0) is 6.42 Å². The van der Waals surface area contributed by atoms with Gasteiger partial charge in [0.15, 0.2) is 0 Å². The van der Waals surface area contributed by atoms with Crippen LogP contribution < -0.4 is 19.7 Å². The molecule has 0 radical (unpaired) electrons. The molecule has 1 N–H and O–H groups in total. The van der Waals surface area contributed by atoms with Crippen molar-refractivity contribution >= 4 is 5.82 Å². The fourth-order valence-electron chi connectivity index (χ4n) is 2.81. The second kappa shape index (κ2) is 7.33. The van der Waals surface area contributed by atoms with Gasteiger partial charge in [-0.25, -0.2) is 4.98 Å². The summed E-state index contributed by atoms with van der Waals surface area (Å²) in [5.41, 5.74) is 2.18. The van der Waals surface area contributed by atoms with Gasteiger partial charge in [0.1, 0.15) is 17.3 Å². The molecule has 0 bridgehead atoms. The van der Waals surface area contributed by atoms with Crippen LogP contribution in [0.15, 0.2) is 36.4 Å². The Kier molecular flexibility index (Phi) is 4.98. The molecular formula is C18H23N3O2. The lowest BCUT2D eigenvalue weighted by Crippen LogP contribution is -2.43. The summed E-state index contributed by atoms with van der Waals surface area (Å²) in [7, 11) is 3.34. The van der Waals surface area contributed by atoms with Crippen molar-refractivity contribution in [2.75, 3.05) is 45.3 Å². The van der Waals surface area contributed by atoms with Gasteiger partial charge in [-0.2, -0.15) is 0 Å². The van der Waals surface area contributed by atoms with E-state index in [1.807, 2.05) is 18.2 Å². The topological polar surface area (TPSA) is 46.6 Å². The van der Waals surface area contributed by atoms with Crippen molar-refractivity contribution in [1.82, 2.24) is 10.3 Å². The molecule has 1 fully saturated rings. The Morgan fingerprint density at radius 1 is 1.04 bits per heavy atom. The van der Waals surface area contributed by atoms with Crippen LogP contribution in [0.25, 0.3) is 0 Å². The van der Waals surface area contributed by atoms with E-state index in [9.17, 15) is 0 Å². The minimum absolute atomic E-state index is 0.757. The van der Waals surface area contributed by atoms with Crippen LogP contribution >= 0.6 is 0 Å². The molecule has 3 rings (SSSR count). The van der Waals surface area contributed by atoms with Crippen molar-refractivity contribution in [2.45, 2.75) is 6.42 Å². The highest BCUT2D eigenvalue weighted by Crippen LogP contribution is 2.24. The van der Waals surface area contributed by atoms with Gasteiger partial charge in [-0.1, -0.05) is 6.07 Å². The molecule has 1 aliphatic heterocycles. The minimum Gasteiger partial charge on any atom is -0.497 e. The Labute approximate surface area is 137 Å². The van der Waals surface area contributed by atoms with E-state index in [2.05, 4.69) is 28.4 Å². The number of aromatic nitrogens is 1. The maximum atomic E-state index is 5.34. The van der Waals surface area contributed by atoms with Crippen molar-refractivity contribution in [3.8, 4) is 11.5 Å². The Morgan fingerprint density at radius 2 is 1.74 bits per heavy atom. The normalized spacial score (nSPS) is 14.6. The van der Waals surface area contributed by atoms with Gasteiger partial charge in [-0.15, -0.1) is 0 Å². The number of benzene rings is 1. The Morgan fingerprint density at radius 3 is 2.39 bits per heavy atom. The number of methoxy groups -OCH3 is 2. The zero-order chi connectivity index (χ0) is 16.1. The highest BCUT2D eigenvalue weighted by molar-refractivity contribution is 5.43. The van der Waals surface area contributed by atoms with E-state index in [0.717, 1.165) is 61.2 Å². The molecule has 122 valence electrons. The molecule has 0 atom stereocenters. The Bertz CT molecular complexity index is 632. The standard InChI is InChI=1S/C18H23N3O2/c1-22-16-11-14(12-17(13-16)23-2)10-15-4-3-5-18(20-15)21-8-6-19-7-9-21/h3-5,11-13,19H,6-10H2,1-2H3. The van der Waals surface area contributed by atoms with Gasteiger partial charge in [0.05, 0.1) is 14.2 Å². The summed E-state index contributed by atoms with van der Waals surface area (Å²) in [5.74, 6) is 2.66. The van der Waals surface area contributed by atoms with Crippen molar-refractivity contribution in [3.05, 3.63) is 47.7 Å². The van der Waals surface area contributed by atoms with E-state index in [1.165, 1.54) is 0 Å². The molecule has 0 unspecified atom stereocenters. The number of ether oxygens (including phenoxy) is 2. The van der Waals surface area contributed by atoms with E-state index >= 15 is 0 Å². The van der Waals surface area contributed by atoms with Crippen LogP contribution in [0.1, 0.15) is 11.3 Å². The maximum absolute atomic E-state index is 5.34. The number of piperazine rings is 1. The summed E-state index contributed by atoms with van der Waals surface area (Å²) in [6.45, 7) is 4.03. The van der Waals surface area contributed by atoms with Crippen LogP contribution in [0, 0.1) is 0 Å². The zero-order valence-electron chi connectivity index (χ0n) is 13.7. The lowest BCUT2D eigenvalue weighted by Gasteiger charge is -2.28. The smallest absolute Gasteiger partial charge is 0.128 e. The van der Waals surface area contributed by atoms with Crippen LogP contribution in [0.3, 0.4) is 0 Å². The first-order valence-electron chi connectivity index (χ1n) is 7.92. The Hall–Kier alpha value is -2.27. The number of nitrogens with zero attached hydrogens (tertiary/aromatic N) is 2. The average Bonchev–Trinajstić information content (AvgIpc) is 2.62. The third kappa shape index (κ3) is 3.93. The lowest BCUT2D eigenvalue weighted by molar-refractivity contribution is 0.393. The molecule has 0 saturated carbocycles. The fraction of sp³-hybridized carbons (Fsp3) is 0.389. The minimum atomic E-state index is 0.757. The number of hydrogen-bond donors (Lipinski definition) is 1. The highest BCUT2D eigenvalue weighted by Gasteiger charge is 2.12. The molecule has 0 aliphatic carbocycles. The monoisotopic (exact) mass is 313 g/mol. The molecule has 0 spiro atoms. The van der Waals surface area contributed by atoms with E-state index < -0.39 is 0 Å². The first-order valence-corrected chi connectivity index (χ1v) is 7.92. The van der Waals surface area contributed by atoms with Crippen LogP contribution in [0.4, 0.5) is 5.82 Å². The van der Waals surface area contributed by atoms with Gasteiger partial charge in [-0.3, -0.25) is 0 Å². The van der Waals surface area contributed by atoms with Crippen LogP contribution in [-0.4, -0.2) is 45.4 Å². The summed E-state index contributed by atoms with van der Waals surface area (Å²) in [4.78, 5) is 7.14. The Balaban J connectivity index is 1.80. The molecule has 1 saturated heterocycles. The second-order valence-electron chi connectivity index (χ2n) is 5.62. The van der Waals surface area contributed by atoms with E-state index in [-0.39, 0.29) is 0 Å². The quantitative estimate of drug-likeness (QED) is 0.916.